The van der Waals surface area contributed by atoms with E-state index in [1.165, 1.54) is 0 Å². The van der Waals surface area contributed by atoms with Crippen molar-refractivity contribution in [3.63, 3.8) is 0 Å². The van der Waals surface area contributed by atoms with Crippen molar-refractivity contribution in [1.82, 2.24) is 4.98 Å². The van der Waals surface area contributed by atoms with Gasteiger partial charge in [-0.05, 0) is 18.2 Å². The zero-order valence-electron chi connectivity index (χ0n) is 10.3. The van der Waals surface area contributed by atoms with Crippen LogP contribution >= 0.6 is 11.3 Å². The zero-order valence-corrected chi connectivity index (χ0v) is 11.1. The highest BCUT2D eigenvalue weighted by molar-refractivity contribution is 7.07. The Morgan fingerprint density at radius 2 is 2.10 bits per heavy atom. The number of aromatic amines is 1. The number of carboxylic acid groups (broad SMARTS) is 1. The summed E-state index contributed by atoms with van der Waals surface area (Å²) >= 11 is 0.959. The minimum Gasteiger partial charge on any atom is -0.478 e. The van der Waals surface area contributed by atoms with Crippen LogP contribution in [-0.2, 0) is 12.7 Å². The van der Waals surface area contributed by atoms with E-state index in [-0.39, 0.29) is 17.1 Å². The molecular weight excluding hydrogens is 309 g/mol. The number of benzene rings is 1. The molecule has 1 heterocycles. The summed E-state index contributed by atoms with van der Waals surface area (Å²) in [5.41, 5.74) is -1.26. The van der Waals surface area contributed by atoms with Crippen molar-refractivity contribution in [2.45, 2.75) is 12.7 Å². The molecule has 0 amide bonds. The van der Waals surface area contributed by atoms with Crippen LogP contribution in [0.15, 0.2) is 28.4 Å². The molecule has 9 heteroatoms. The van der Waals surface area contributed by atoms with Crippen molar-refractivity contribution >= 4 is 23.0 Å². The predicted molar refractivity (Wildman–Crippen MR) is 70.7 cm³/mol. The number of halogens is 3. The van der Waals surface area contributed by atoms with E-state index in [1.54, 1.807) is 5.38 Å². The van der Waals surface area contributed by atoms with Crippen molar-refractivity contribution in [2.24, 2.45) is 0 Å². The van der Waals surface area contributed by atoms with Gasteiger partial charge in [-0.2, -0.15) is 13.2 Å². The Hall–Kier alpha value is -2.29. The van der Waals surface area contributed by atoms with E-state index in [1.807, 2.05) is 0 Å². The second-order valence-corrected chi connectivity index (χ2v) is 4.93. The van der Waals surface area contributed by atoms with Crippen molar-refractivity contribution < 1.29 is 23.1 Å². The largest absolute Gasteiger partial charge is 0.478 e. The molecule has 1 aromatic carbocycles. The van der Waals surface area contributed by atoms with Crippen molar-refractivity contribution in [1.29, 1.82) is 0 Å². The summed E-state index contributed by atoms with van der Waals surface area (Å²) in [7, 11) is 0. The third kappa shape index (κ3) is 3.63. The molecule has 0 radical (unpaired) electrons. The van der Waals surface area contributed by atoms with Crippen LogP contribution in [0.3, 0.4) is 0 Å². The van der Waals surface area contributed by atoms with Gasteiger partial charge < -0.3 is 15.4 Å². The normalized spacial score (nSPS) is 11.4. The monoisotopic (exact) mass is 318 g/mol. The number of nitrogens with one attached hydrogen (secondary N) is 2. The van der Waals surface area contributed by atoms with Gasteiger partial charge in [-0.1, -0.05) is 11.3 Å². The summed E-state index contributed by atoms with van der Waals surface area (Å²) in [6.07, 6.45) is -4.73. The average molecular weight is 318 g/mol. The highest BCUT2D eigenvalue weighted by Gasteiger charge is 2.35. The van der Waals surface area contributed by atoms with Crippen LogP contribution in [0.25, 0.3) is 0 Å². The summed E-state index contributed by atoms with van der Waals surface area (Å²) in [4.78, 5) is 24.1. The fourth-order valence-electron chi connectivity index (χ4n) is 1.68. The molecule has 0 saturated heterocycles. The highest BCUT2D eigenvalue weighted by Crippen LogP contribution is 2.33. The highest BCUT2D eigenvalue weighted by atomic mass is 32.1. The van der Waals surface area contributed by atoms with Gasteiger partial charge in [-0.25, -0.2) is 4.79 Å². The van der Waals surface area contributed by atoms with E-state index in [4.69, 9.17) is 5.11 Å². The van der Waals surface area contributed by atoms with Crippen molar-refractivity contribution in [3.05, 3.63) is 50.1 Å². The number of alkyl halides is 3. The number of carbonyl (C=O) groups is 1. The van der Waals surface area contributed by atoms with Gasteiger partial charge in [0.25, 0.3) is 0 Å². The van der Waals surface area contributed by atoms with Gasteiger partial charge in [-0.3, -0.25) is 4.79 Å². The van der Waals surface area contributed by atoms with E-state index in [9.17, 15) is 22.8 Å². The fraction of sp³-hybridized carbons (Fsp3) is 0.167. The lowest BCUT2D eigenvalue weighted by atomic mass is 10.1. The van der Waals surface area contributed by atoms with Gasteiger partial charge in [-0.15, -0.1) is 0 Å². The molecule has 0 saturated carbocycles. The molecule has 0 aliphatic heterocycles. The van der Waals surface area contributed by atoms with Crippen LogP contribution in [0.5, 0.6) is 0 Å². The Morgan fingerprint density at radius 3 is 2.62 bits per heavy atom. The minimum atomic E-state index is -4.73. The Kier molecular flexibility index (Phi) is 4.03. The topological polar surface area (TPSA) is 82.2 Å². The lowest BCUT2D eigenvalue weighted by Gasteiger charge is -2.12. The fourth-order valence-corrected chi connectivity index (χ4v) is 2.26. The summed E-state index contributed by atoms with van der Waals surface area (Å²) in [5.74, 6) is -1.66. The second kappa shape index (κ2) is 5.60. The average Bonchev–Trinajstić information content (AvgIpc) is 2.80. The molecule has 3 N–H and O–H groups in total. The lowest BCUT2D eigenvalue weighted by molar-refractivity contribution is -0.138. The van der Waals surface area contributed by atoms with Gasteiger partial charge in [0.05, 0.1) is 17.7 Å². The molecule has 0 aliphatic carbocycles. The van der Waals surface area contributed by atoms with Crippen LogP contribution in [-0.4, -0.2) is 16.1 Å². The number of thiazole rings is 1. The number of hydrogen-bond acceptors (Lipinski definition) is 4. The first-order valence-corrected chi connectivity index (χ1v) is 6.50. The molecule has 0 spiro atoms. The third-order valence-corrected chi connectivity index (χ3v) is 3.33. The maximum Gasteiger partial charge on any atom is 0.417 e. The van der Waals surface area contributed by atoms with Gasteiger partial charge >= 0.3 is 17.0 Å². The smallest absolute Gasteiger partial charge is 0.417 e. The van der Waals surface area contributed by atoms with Gasteiger partial charge in [0.2, 0.25) is 0 Å². The molecule has 2 aromatic rings. The van der Waals surface area contributed by atoms with E-state index in [2.05, 4.69) is 10.3 Å². The Labute approximate surface area is 120 Å². The predicted octanol–water partition coefficient (Wildman–Crippen LogP) is 2.77. The molecule has 5 nitrogen and oxygen atoms in total. The number of aromatic nitrogens is 1. The van der Waals surface area contributed by atoms with E-state index < -0.39 is 23.3 Å². The SMILES string of the molecule is O=C(O)c1cc(NCc2csc(=O)[nH]2)ccc1C(F)(F)F. The standard InChI is InChI=1S/C12H9F3N2O3S/c13-12(14,15)9-2-1-6(3-8(9)10(18)19)16-4-7-5-21-11(20)17-7/h1-3,5,16H,4H2,(H,17,20)(H,18,19). The van der Waals surface area contributed by atoms with E-state index in [0.29, 0.717) is 11.8 Å². The Balaban J connectivity index is 2.24. The molecule has 21 heavy (non-hydrogen) atoms. The Morgan fingerprint density at radius 1 is 1.38 bits per heavy atom. The summed E-state index contributed by atoms with van der Waals surface area (Å²) in [5, 5.41) is 13.2. The Bertz CT molecular complexity index is 721. The maximum atomic E-state index is 12.7. The first-order valence-electron chi connectivity index (χ1n) is 5.62. The minimum absolute atomic E-state index is 0.170. The van der Waals surface area contributed by atoms with Gasteiger partial charge in [0, 0.05) is 16.8 Å². The summed E-state index contributed by atoms with van der Waals surface area (Å²) < 4.78 is 38.0. The number of anilines is 1. The van der Waals surface area contributed by atoms with Gasteiger partial charge in [0.15, 0.2) is 0 Å². The number of rotatable bonds is 4. The maximum absolute atomic E-state index is 12.7. The number of hydrogen-bond donors (Lipinski definition) is 3. The van der Waals surface area contributed by atoms with Crippen LogP contribution in [0.4, 0.5) is 18.9 Å². The first-order chi connectivity index (χ1) is 9.77. The molecule has 2 rings (SSSR count). The van der Waals surface area contributed by atoms with Crippen LogP contribution in [0, 0.1) is 0 Å². The lowest BCUT2D eigenvalue weighted by Crippen LogP contribution is -2.13. The molecule has 0 atom stereocenters. The van der Waals surface area contributed by atoms with Crippen LogP contribution < -0.4 is 10.2 Å². The van der Waals surface area contributed by atoms with E-state index in [0.717, 1.165) is 23.5 Å². The van der Waals surface area contributed by atoms with Crippen molar-refractivity contribution in [3.8, 4) is 0 Å². The molecule has 0 aliphatic rings. The van der Waals surface area contributed by atoms with Crippen molar-refractivity contribution in [2.75, 3.05) is 5.32 Å². The zero-order chi connectivity index (χ0) is 15.6. The quantitative estimate of drug-likeness (QED) is 0.809. The van der Waals surface area contributed by atoms with Crippen LogP contribution in [0.1, 0.15) is 21.6 Å². The second-order valence-electron chi connectivity index (χ2n) is 4.09. The molecule has 1 aromatic heterocycles. The van der Waals surface area contributed by atoms with Crippen LogP contribution in [0.2, 0.25) is 0 Å². The van der Waals surface area contributed by atoms with Gasteiger partial charge in [0.1, 0.15) is 0 Å². The molecular formula is C12H9F3N2O3S. The molecule has 0 bridgehead atoms. The number of aromatic carboxylic acids is 1. The first kappa shape index (κ1) is 15.1. The summed E-state index contributed by atoms with van der Waals surface area (Å²) in [6.45, 7) is 0.170. The van der Waals surface area contributed by atoms with E-state index >= 15 is 0 Å². The summed E-state index contributed by atoms with van der Waals surface area (Å²) in [6, 6.07) is 2.76. The number of H-pyrrole nitrogens is 1. The number of carboxylic acids is 1. The third-order valence-electron chi connectivity index (χ3n) is 2.61. The molecule has 112 valence electrons. The molecule has 0 fully saturated rings. The molecule has 0 unspecified atom stereocenters.